The van der Waals surface area contributed by atoms with Crippen molar-refractivity contribution in [2.24, 2.45) is 0 Å². The number of nitrogens with one attached hydrogen (secondary N) is 2. The summed E-state index contributed by atoms with van der Waals surface area (Å²) in [5.41, 5.74) is 8.35. The van der Waals surface area contributed by atoms with Crippen LogP contribution in [0.25, 0.3) is 0 Å². The van der Waals surface area contributed by atoms with Gasteiger partial charge in [0.1, 0.15) is 17.8 Å². The van der Waals surface area contributed by atoms with Gasteiger partial charge in [-0.05, 0) is 30.7 Å². The van der Waals surface area contributed by atoms with Crippen molar-refractivity contribution in [2.75, 3.05) is 16.4 Å². The molecule has 0 saturated heterocycles. The van der Waals surface area contributed by atoms with Crippen molar-refractivity contribution in [3.63, 3.8) is 0 Å². The highest BCUT2D eigenvalue weighted by Gasteiger charge is 2.10. The number of hydrogen-bond donors (Lipinski definition) is 3. The highest BCUT2D eigenvalue weighted by molar-refractivity contribution is 5.79. The Hall–Kier alpha value is -3.22. The molecule has 7 nitrogen and oxygen atoms in total. The van der Waals surface area contributed by atoms with Crippen molar-refractivity contribution in [3.05, 3.63) is 54.7 Å². The van der Waals surface area contributed by atoms with Crippen LogP contribution in [0.2, 0.25) is 0 Å². The molecule has 22 heavy (non-hydrogen) atoms. The predicted molar refractivity (Wildman–Crippen MR) is 86.2 cm³/mol. The van der Waals surface area contributed by atoms with E-state index in [1.54, 1.807) is 18.6 Å². The van der Waals surface area contributed by atoms with E-state index in [1.165, 1.54) is 6.33 Å². The Morgan fingerprint density at radius 1 is 0.909 bits per heavy atom. The van der Waals surface area contributed by atoms with Gasteiger partial charge in [-0.15, -0.1) is 0 Å². The zero-order valence-electron chi connectivity index (χ0n) is 12.0. The molecular weight excluding hydrogens is 278 g/mol. The van der Waals surface area contributed by atoms with Gasteiger partial charge < -0.3 is 16.4 Å². The van der Waals surface area contributed by atoms with Crippen molar-refractivity contribution in [3.8, 4) is 0 Å². The van der Waals surface area contributed by atoms with E-state index in [9.17, 15) is 0 Å². The highest BCUT2D eigenvalue weighted by atomic mass is 15.1. The lowest BCUT2D eigenvalue weighted by atomic mass is 10.3. The number of aryl methyl sites for hydroxylation is 1. The molecule has 0 fully saturated rings. The summed E-state index contributed by atoms with van der Waals surface area (Å²) in [6.45, 7) is 1.96. The Morgan fingerprint density at radius 2 is 1.68 bits per heavy atom. The smallest absolute Gasteiger partial charge is 0.160 e. The molecule has 0 spiro atoms. The number of anilines is 5. The highest BCUT2D eigenvalue weighted by Crippen LogP contribution is 2.27. The molecule has 0 aliphatic carbocycles. The van der Waals surface area contributed by atoms with E-state index in [0.717, 1.165) is 11.3 Å². The first kappa shape index (κ1) is 13.7. The lowest BCUT2D eigenvalue weighted by Crippen LogP contribution is -2.06. The molecule has 0 aliphatic rings. The second kappa shape index (κ2) is 6.04. The molecule has 3 rings (SSSR count). The second-order valence-electron chi connectivity index (χ2n) is 4.65. The van der Waals surface area contributed by atoms with Gasteiger partial charge in [0.05, 0.1) is 11.9 Å². The minimum absolute atomic E-state index is 0.413. The molecule has 0 aliphatic heterocycles. The van der Waals surface area contributed by atoms with Gasteiger partial charge >= 0.3 is 0 Å². The Balaban J connectivity index is 1.88. The van der Waals surface area contributed by atoms with Gasteiger partial charge in [-0.3, -0.25) is 4.98 Å². The maximum Gasteiger partial charge on any atom is 0.160 e. The summed E-state index contributed by atoms with van der Waals surface area (Å²) in [6, 6.07) is 7.54. The summed E-state index contributed by atoms with van der Waals surface area (Å²) in [7, 11) is 0. The third-order valence-electron chi connectivity index (χ3n) is 3.05. The van der Waals surface area contributed by atoms with Crippen LogP contribution in [-0.4, -0.2) is 19.9 Å². The molecule has 7 heteroatoms. The number of nitrogen functional groups attached to an aromatic ring is 1. The topological polar surface area (TPSA) is 102 Å². The Morgan fingerprint density at radius 3 is 2.41 bits per heavy atom. The van der Waals surface area contributed by atoms with E-state index < -0.39 is 0 Å². The van der Waals surface area contributed by atoms with Crippen LogP contribution in [0.4, 0.5) is 28.8 Å². The SMILES string of the molecule is Cc1cccnc1Nc1ncnc(Nc2cccnc2)c1N. The molecule has 3 aromatic heterocycles. The van der Waals surface area contributed by atoms with Gasteiger partial charge in [-0.2, -0.15) is 0 Å². The van der Waals surface area contributed by atoms with Crippen LogP contribution in [0.3, 0.4) is 0 Å². The first-order chi connectivity index (χ1) is 10.7. The molecule has 0 amide bonds. The fraction of sp³-hybridized carbons (Fsp3) is 0.0667. The van der Waals surface area contributed by atoms with Gasteiger partial charge in [0.25, 0.3) is 0 Å². The Bertz CT molecular complexity index is 774. The average molecular weight is 293 g/mol. The van der Waals surface area contributed by atoms with Crippen LogP contribution >= 0.6 is 0 Å². The van der Waals surface area contributed by atoms with Crippen LogP contribution in [-0.2, 0) is 0 Å². The predicted octanol–water partition coefficient (Wildman–Crippen LogP) is 2.64. The molecule has 0 unspecified atom stereocenters. The molecule has 0 saturated carbocycles. The van der Waals surface area contributed by atoms with Crippen LogP contribution in [0.5, 0.6) is 0 Å². The number of nitrogens with two attached hydrogens (primary N) is 1. The first-order valence-corrected chi connectivity index (χ1v) is 6.70. The quantitative estimate of drug-likeness (QED) is 0.679. The summed E-state index contributed by atoms with van der Waals surface area (Å²) >= 11 is 0. The zero-order chi connectivity index (χ0) is 15.4. The number of hydrogen-bond acceptors (Lipinski definition) is 7. The summed E-state index contributed by atoms with van der Waals surface area (Å²) in [5, 5.41) is 6.24. The summed E-state index contributed by atoms with van der Waals surface area (Å²) in [6.07, 6.45) is 6.54. The molecule has 0 radical (unpaired) electrons. The normalized spacial score (nSPS) is 10.2. The molecule has 4 N–H and O–H groups in total. The van der Waals surface area contributed by atoms with Crippen molar-refractivity contribution in [1.29, 1.82) is 0 Å². The molecular formula is C15H15N7. The fourth-order valence-corrected chi connectivity index (χ4v) is 1.90. The average Bonchev–Trinajstić information content (AvgIpc) is 2.54. The monoisotopic (exact) mass is 293 g/mol. The standard InChI is InChI=1S/C15H15N7/c1-10-4-2-7-18-13(10)22-15-12(16)14(19-9-20-15)21-11-5-3-6-17-8-11/h2-9H,16H2,1H3,(H2,18,19,20,21,22). The van der Waals surface area contributed by atoms with Gasteiger partial charge in [0, 0.05) is 12.4 Å². The summed E-state index contributed by atoms with van der Waals surface area (Å²) in [5.74, 6) is 1.72. The molecule has 0 aromatic carbocycles. The molecule has 3 heterocycles. The zero-order valence-corrected chi connectivity index (χ0v) is 12.0. The Labute approximate surface area is 127 Å². The molecule has 3 aromatic rings. The van der Waals surface area contributed by atoms with Gasteiger partial charge in [-0.1, -0.05) is 6.07 Å². The maximum absolute atomic E-state index is 6.13. The lowest BCUT2D eigenvalue weighted by Gasteiger charge is -2.12. The third kappa shape index (κ3) is 2.93. The third-order valence-corrected chi connectivity index (χ3v) is 3.05. The first-order valence-electron chi connectivity index (χ1n) is 6.70. The lowest BCUT2D eigenvalue weighted by molar-refractivity contribution is 1.15. The summed E-state index contributed by atoms with van der Waals surface area (Å²) in [4.78, 5) is 16.6. The van der Waals surface area contributed by atoms with Crippen molar-refractivity contribution >= 4 is 28.8 Å². The number of pyridine rings is 2. The number of rotatable bonds is 4. The van der Waals surface area contributed by atoms with Crippen molar-refractivity contribution < 1.29 is 0 Å². The molecule has 0 bridgehead atoms. The fourth-order valence-electron chi connectivity index (χ4n) is 1.90. The number of aromatic nitrogens is 4. The van der Waals surface area contributed by atoms with E-state index in [0.29, 0.717) is 23.1 Å². The summed E-state index contributed by atoms with van der Waals surface area (Å²) < 4.78 is 0. The largest absolute Gasteiger partial charge is 0.393 e. The number of nitrogens with zero attached hydrogens (tertiary/aromatic N) is 4. The molecule has 110 valence electrons. The van der Waals surface area contributed by atoms with Crippen LogP contribution in [0.15, 0.2) is 49.2 Å². The van der Waals surface area contributed by atoms with E-state index >= 15 is 0 Å². The van der Waals surface area contributed by atoms with E-state index in [-0.39, 0.29) is 0 Å². The van der Waals surface area contributed by atoms with Gasteiger partial charge in [0.15, 0.2) is 11.6 Å². The van der Waals surface area contributed by atoms with Crippen LogP contribution in [0, 0.1) is 6.92 Å². The molecule has 0 atom stereocenters. The van der Waals surface area contributed by atoms with Crippen molar-refractivity contribution in [2.45, 2.75) is 6.92 Å². The van der Waals surface area contributed by atoms with E-state index in [4.69, 9.17) is 5.73 Å². The van der Waals surface area contributed by atoms with Crippen LogP contribution < -0.4 is 16.4 Å². The van der Waals surface area contributed by atoms with Crippen LogP contribution in [0.1, 0.15) is 5.56 Å². The van der Waals surface area contributed by atoms with Gasteiger partial charge in [0.2, 0.25) is 0 Å². The second-order valence-corrected chi connectivity index (χ2v) is 4.65. The van der Waals surface area contributed by atoms with E-state index in [1.807, 2.05) is 31.2 Å². The Kier molecular flexibility index (Phi) is 3.78. The van der Waals surface area contributed by atoms with Crippen molar-refractivity contribution in [1.82, 2.24) is 19.9 Å². The minimum atomic E-state index is 0.413. The maximum atomic E-state index is 6.13. The minimum Gasteiger partial charge on any atom is -0.393 e. The van der Waals surface area contributed by atoms with E-state index in [2.05, 4.69) is 30.6 Å². The van der Waals surface area contributed by atoms with Gasteiger partial charge in [-0.25, -0.2) is 15.0 Å².